The fourth-order valence-corrected chi connectivity index (χ4v) is 5.58. The van der Waals surface area contributed by atoms with E-state index in [1.54, 1.807) is 26.0 Å². The van der Waals surface area contributed by atoms with E-state index in [9.17, 15) is 24.6 Å². The van der Waals surface area contributed by atoms with Crippen LogP contribution in [0.5, 0.6) is 5.75 Å². The van der Waals surface area contributed by atoms with Crippen molar-refractivity contribution < 1.29 is 24.6 Å². The number of phenolic OH excluding ortho intramolecular Hbond substituents is 1. The Balaban J connectivity index is 1.64. The number of aliphatic hydroxyl groups is 1. The third-order valence-corrected chi connectivity index (χ3v) is 7.75. The molecule has 218 valence electrons. The summed E-state index contributed by atoms with van der Waals surface area (Å²) in [6.45, 7) is 9.01. The number of halogens is 1. The van der Waals surface area contributed by atoms with E-state index >= 15 is 0 Å². The SMILES string of the molecule is Cc1ccc(C(=O)N[C@@H](Cc2ccc3ccccc3c2)[C@H](O)C(=O)N2C[C@@H](Cl)C[C@H]2C(=O)NC(C)(C)C)c(C)c1O. The molecule has 1 aliphatic rings. The van der Waals surface area contributed by atoms with Gasteiger partial charge in [-0.2, -0.15) is 0 Å². The number of carbonyl (C=O) groups excluding carboxylic acids is 3. The highest BCUT2D eigenvalue weighted by atomic mass is 35.5. The molecule has 4 N–H and O–H groups in total. The molecule has 3 aromatic rings. The van der Waals surface area contributed by atoms with Crippen molar-refractivity contribution in [2.75, 3.05) is 6.54 Å². The van der Waals surface area contributed by atoms with Crippen LogP contribution < -0.4 is 10.6 Å². The molecule has 0 aliphatic carbocycles. The maximum Gasteiger partial charge on any atom is 0.254 e. The molecule has 0 unspecified atom stereocenters. The van der Waals surface area contributed by atoms with Gasteiger partial charge in [0.2, 0.25) is 5.91 Å². The van der Waals surface area contributed by atoms with Gasteiger partial charge in [0.1, 0.15) is 11.8 Å². The molecule has 3 amide bonds. The van der Waals surface area contributed by atoms with Crippen LogP contribution >= 0.6 is 11.6 Å². The molecule has 4 rings (SSSR count). The van der Waals surface area contributed by atoms with Crippen molar-refractivity contribution in [1.82, 2.24) is 15.5 Å². The van der Waals surface area contributed by atoms with Gasteiger partial charge >= 0.3 is 0 Å². The predicted molar refractivity (Wildman–Crippen MR) is 160 cm³/mol. The highest BCUT2D eigenvalue weighted by molar-refractivity contribution is 6.21. The lowest BCUT2D eigenvalue weighted by atomic mass is 9.96. The van der Waals surface area contributed by atoms with Gasteiger partial charge in [-0.05, 0) is 75.4 Å². The van der Waals surface area contributed by atoms with E-state index in [1.165, 1.54) is 4.90 Å². The van der Waals surface area contributed by atoms with Gasteiger partial charge in [-0.15, -0.1) is 11.6 Å². The number of aryl methyl sites for hydroxylation is 1. The Morgan fingerprint density at radius 3 is 2.41 bits per heavy atom. The molecule has 1 heterocycles. The van der Waals surface area contributed by atoms with Gasteiger partial charge in [0.25, 0.3) is 11.8 Å². The molecule has 0 saturated carbocycles. The van der Waals surface area contributed by atoms with Crippen LogP contribution in [0, 0.1) is 13.8 Å². The third kappa shape index (κ3) is 7.00. The second-order valence-corrected chi connectivity index (χ2v) is 12.5. The quantitative estimate of drug-likeness (QED) is 0.316. The molecule has 0 radical (unpaired) electrons. The summed E-state index contributed by atoms with van der Waals surface area (Å²) in [6, 6.07) is 15.0. The number of phenols is 1. The molecule has 0 aromatic heterocycles. The van der Waals surface area contributed by atoms with Crippen LogP contribution in [0.1, 0.15) is 54.2 Å². The first-order valence-corrected chi connectivity index (χ1v) is 14.2. The summed E-state index contributed by atoms with van der Waals surface area (Å²) in [6.07, 6.45) is -1.25. The fraction of sp³-hybridized carbons (Fsp3) is 0.406. The second-order valence-electron chi connectivity index (χ2n) is 11.9. The minimum atomic E-state index is -1.66. The summed E-state index contributed by atoms with van der Waals surface area (Å²) in [4.78, 5) is 41.5. The molecule has 1 aliphatic heterocycles. The van der Waals surface area contributed by atoms with Gasteiger partial charge < -0.3 is 25.7 Å². The first kappa shape index (κ1) is 30.3. The number of nitrogens with one attached hydrogen (secondary N) is 2. The summed E-state index contributed by atoms with van der Waals surface area (Å²) in [5.74, 6) is -1.55. The fourth-order valence-electron chi connectivity index (χ4n) is 5.26. The molecule has 4 atom stereocenters. The Labute approximate surface area is 245 Å². The highest BCUT2D eigenvalue weighted by Gasteiger charge is 2.43. The lowest BCUT2D eigenvalue weighted by Crippen LogP contribution is -2.57. The first-order valence-electron chi connectivity index (χ1n) is 13.8. The van der Waals surface area contributed by atoms with Crippen LogP contribution in [0.15, 0.2) is 54.6 Å². The van der Waals surface area contributed by atoms with Crippen LogP contribution in [0.3, 0.4) is 0 Å². The topological polar surface area (TPSA) is 119 Å². The number of rotatable bonds is 7. The molecule has 0 spiro atoms. The van der Waals surface area contributed by atoms with Crippen molar-refractivity contribution >= 4 is 40.1 Å². The number of hydrogen-bond donors (Lipinski definition) is 4. The van der Waals surface area contributed by atoms with Crippen LogP contribution in [-0.2, 0) is 16.0 Å². The summed E-state index contributed by atoms with van der Waals surface area (Å²) < 4.78 is 0. The van der Waals surface area contributed by atoms with E-state index in [4.69, 9.17) is 11.6 Å². The number of likely N-dealkylation sites (tertiary alicyclic amines) is 1. The molecule has 8 nitrogen and oxygen atoms in total. The molecular weight excluding hydrogens is 542 g/mol. The molecule has 0 bridgehead atoms. The van der Waals surface area contributed by atoms with Gasteiger partial charge in [-0.3, -0.25) is 14.4 Å². The molecule has 1 saturated heterocycles. The minimum absolute atomic E-state index is 0.0123. The smallest absolute Gasteiger partial charge is 0.254 e. The summed E-state index contributed by atoms with van der Waals surface area (Å²) in [5, 5.41) is 29.2. The zero-order valence-corrected chi connectivity index (χ0v) is 24.8. The van der Waals surface area contributed by atoms with Gasteiger partial charge in [-0.1, -0.05) is 48.5 Å². The number of aliphatic hydroxyl groups excluding tert-OH is 1. The van der Waals surface area contributed by atoms with E-state index in [1.807, 2.05) is 63.2 Å². The Bertz CT molecular complexity index is 1470. The Hall–Kier alpha value is -3.62. The lowest BCUT2D eigenvalue weighted by molar-refractivity contribution is -0.146. The molecule has 9 heteroatoms. The van der Waals surface area contributed by atoms with Crippen LogP contribution in [0.2, 0.25) is 0 Å². The number of aromatic hydroxyl groups is 1. The molecule has 3 aromatic carbocycles. The van der Waals surface area contributed by atoms with E-state index < -0.39 is 40.9 Å². The number of alkyl halides is 1. The number of amides is 3. The number of fused-ring (bicyclic) bond motifs is 1. The number of benzene rings is 3. The summed E-state index contributed by atoms with van der Waals surface area (Å²) in [7, 11) is 0. The van der Waals surface area contributed by atoms with Crippen LogP contribution in [-0.4, -0.2) is 68.5 Å². The maximum atomic E-state index is 13.7. The average molecular weight is 580 g/mol. The number of nitrogens with zero attached hydrogens (tertiary/aromatic N) is 1. The Morgan fingerprint density at radius 1 is 1.05 bits per heavy atom. The van der Waals surface area contributed by atoms with Crippen molar-refractivity contribution in [3.8, 4) is 5.75 Å². The Kier molecular flexibility index (Phi) is 8.94. The van der Waals surface area contributed by atoms with Crippen LogP contribution in [0.25, 0.3) is 10.8 Å². The largest absolute Gasteiger partial charge is 0.507 e. The van der Waals surface area contributed by atoms with Gasteiger partial charge in [0.15, 0.2) is 6.10 Å². The summed E-state index contributed by atoms with van der Waals surface area (Å²) in [5.41, 5.74) is 1.56. The van der Waals surface area contributed by atoms with Crippen molar-refractivity contribution in [3.63, 3.8) is 0 Å². The summed E-state index contributed by atoms with van der Waals surface area (Å²) >= 11 is 6.39. The number of carbonyl (C=O) groups is 3. The van der Waals surface area contributed by atoms with Crippen molar-refractivity contribution in [3.05, 3.63) is 76.9 Å². The molecule has 41 heavy (non-hydrogen) atoms. The van der Waals surface area contributed by atoms with Crippen molar-refractivity contribution in [2.24, 2.45) is 0 Å². The highest BCUT2D eigenvalue weighted by Crippen LogP contribution is 2.27. The second kappa shape index (κ2) is 12.1. The molecular formula is C32H38ClN3O5. The molecule has 1 fully saturated rings. The standard InChI is InChI=1S/C32H38ClN3O5/c1-18-10-13-24(19(2)27(18)37)29(39)34-25(15-20-11-12-21-8-6-7-9-22(21)14-20)28(38)31(41)36-17-23(33)16-26(36)30(40)35-32(3,4)5/h6-14,23,25-26,28,37-38H,15-17H2,1-5H3,(H,34,39)(H,35,40)/t23-,25-,26-,28-/m0/s1. The Morgan fingerprint density at radius 2 is 1.73 bits per heavy atom. The predicted octanol–water partition coefficient (Wildman–Crippen LogP) is 3.99. The number of hydrogen-bond acceptors (Lipinski definition) is 5. The third-order valence-electron chi connectivity index (χ3n) is 7.43. The first-order chi connectivity index (χ1) is 19.2. The van der Waals surface area contributed by atoms with Gasteiger partial charge in [0.05, 0.1) is 11.4 Å². The normalized spacial score (nSPS) is 18.7. The minimum Gasteiger partial charge on any atom is -0.507 e. The monoisotopic (exact) mass is 579 g/mol. The zero-order chi connectivity index (χ0) is 30.1. The van der Waals surface area contributed by atoms with Crippen molar-refractivity contribution in [2.45, 2.75) is 76.6 Å². The van der Waals surface area contributed by atoms with E-state index in [0.717, 1.165) is 16.3 Å². The zero-order valence-electron chi connectivity index (χ0n) is 24.1. The van der Waals surface area contributed by atoms with Gasteiger partial charge in [0, 0.05) is 23.2 Å². The van der Waals surface area contributed by atoms with Gasteiger partial charge in [-0.25, -0.2) is 0 Å². The average Bonchev–Trinajstić information content (AvgIpc) is 3.31. The van der Waals surface area contributed by atoms with E-state index in [0.29, 0.717) is 11.1 Å². The van der Waals surface area contributed by atoms with E-state index in [-0.39, 0.29) is 36.6 Å². The van der Waals surface area contributed by atoms with Crippen LogP contribution in [0.4, 0.5) is 0 Å². The van der Waals surface area contributed by atoms with Crippen molar-refractivity contribution in [1.29, 1.82) is 0 Å². The maximum absolute atomic E-state index is 13.7. The van der Waals surface area contributed by atoms with E-state index in [2.05, 4.69) is 10.6 Å². The lowest BCUT2D eigenvalue weighted by Gasteiger charge is -2.32.